The number of alkyl halides is 7. The summed E-state index contributed by atoms with van der Waals surface area (Å²) in [7, 11) is 0. The van der Waals surface area contributed by atoms with Crippen LogP contribution in [0.25, 0.3) is 0 Å². The molecule has 3 rings (SSSR count). The normalized spacial score (nSPS) is 30.0. The number of nitrogens with zero attached hydrogens (tertiary/aromatic N) is 2. The molecule has 0 aromatic carbocycles. The Bertz CT molecular complexity index is 635. The molecule has 3 aliphatic heterocycles. The first-order chi connectivity index (χ1) is 10.8. The van der Waals surface area contributed by atoms with Crippen molar-refractivity contribution >= 4 is 17.8 Å². The molecule has 3 fully saturated rings. The molecule has 0 radical (unpaired) electrons. The zero-order chi connectivity index (χ0) is 18.2. The molecule has 0 aromatic rings. The Hall–Kier alpha value is -2.08. The molecule has 2 bridgehead atoms. The second-order valence-corrected chi connectivity index (χ2v) is 5.71. The molecule has 24 heavy (non-hydrogen) atoms. The highest BCUT2D eigenvalue weighted by Crippen LogP contribution is 2.49. The molecule has 134 valence electrons. The number of carbonyl (C=O) groups excluding carboxylic acids is 3. The number of nitrogens with one attached hydrogen (secondary N) is 1. The van der Waals surface area contributed by atoms with Crippen molar-refractivity contribution in [3.63, 3.8) is 0 Å². The van der Waals surface area contributed by atoms with Gasteiger partial charge in [-0.25, -0.2) is 4.79 Å². The van der Waals surface area contributed by atoms with E-state index in [2.05, 4.69) is 0 Å². The van der Waals surface area contributed by atoms with Crippen molar-refractivity contribution in [3.8, 4) is 0 Å². The van der Waals surface area contributed by atoms with Crippen molar-refractivity contribution in [2.24, 2.45) is 0 Å². The van der Waals surface area contributed by atoms with Crippen LogP contribution in [0, 0.1) is 0 Å². The highest BCUT2D eigenvalue weighted by atomic mass is 19.4. The van der Waals surface area contributed by atoms with Gasteiger partial charge in [0.15, 0.2) is 0 Å². The Labute approximate surface area is 128 Å². The minimum absolute atomic E-state index is 0.129. The fourth-order valence-electron chi connectivity index (χ4n) is 3.32. The van der Waals surface area contributed by atoms with E-state index < -0.39 is 60.5 Å². The van der Waals surface area contributed by atoms with Gasteiger partial charge in [-0.2, -0.15) is 30.7 Å². The zero-order valence-electron chi connectivity index (χ0n) is 11.4. The van der Waals surface area contributed by atoms with E-state index >= 15 is 0 Å². The summed E-state index contributed by atoms with van der Waals surface area (Å²) >= 11 is 0. The van der Waals surface area contributed by atoms with Crippen LogP contribution in [-0.2, 0) is 9.59 Å². The minimum atomic E-state index is -6.63. The van der Waals surface area contributed by atoms with Crippen LogP contribution in [0.4, 0.5) is 35.5 Å². The molecule has 3 saturated heterocycles. The Kier molecular flexibility index (Phi) is 3.15. The van der Waals surface area contributed by atoms with Crippen molar-refractivity contribution in [1.29, 1.82) is 0 Å². The minimum Gasteiger partial charge on any atom is -0.330 e. The maximum Gasteiger partial charge on any atom is 0.460 e. The van der Waals surface area contributed by atoms with E-state index in [1.54, 1.807) is 0 Å². The van der Waals surface area contributed by atoms with Crippen LogP contribution in [-0.4, -0.2) is 70.3 Å². The largest absolute Gasteiger partial charge is 0.460 e. The van der Waals surface area contributed by atoms with Crippen LogP contribution in [0.1, 0.15) is 6.42 Å². The maximum absolute atomic E-state index is 13.5. The standard InChI is InChI=1S/C11H8F7N3O3/c12-9(13,10(14,15)11(16,17)18)7(23)20-2-3-1-4(20)5-6(22)19-8(24)21(3)5/h3-5H,1-2H2,(H,19,22,24). The zero-order valence-corrected chi connectivity index (χ0v) is 11.4. The van der Waals surface area contributed by atoms with E-state index in [1.165, 1.54) is 0 Å². The number of hydrogen-bond donors (Lipinski definition) is 1. The summed E-state index contributed by atoms with van der Waals surface area (Å²) in [5, 5.41) is 1.87. The molecule has 0 aliphatic carbocycles. The third-order valence-corrected chi connectivity index (χ3v) is 4.39. The number of imide groups is 1. The van der Waals surface area contributed by atoms with Gasteiger partial charge in [0.2, 0.25) is 0 Å². The van der Waals surface area contributed by atoms with E-state index in [-0.39, 0.29) is 11.3 Å². The monoisotopic (exact) mass is 363 g/mol. The number of rotatable bonds is 2. The van der Waals surface area contributed by atoms with Gasteiger partial charge in [0.1, 0.15) is 6.04 Å². The Morgan fingerprint density at radius 3 is 2.21 bits per heavy atom. The third kappa shape index (κ3) is 1.86. The van der Waals surface area contributed by atoms with Crippen molar-refractivity contribution in [3.05, 3.63) is 0 Å². The van der Waals surface area contributed by atoms with E-state index in [4.69, 9.17) is 0 Å². The number of piperazine rings is 1. The maximum atomic E-state index is 13.5. The summed E-state index contributed by atoms with van der Waals surface area (Å²) in [4.78, 5) is 35.9. The van der Waals surface area contributed by atoms with Crippen LogP contribution < -0.4 is 5.32 Å². The van der Waals surface area contributed by atoms with Gasteiger partial charge in [0.25, 0.3) is 11.8 Å². The van der Waals surface area contributed by atoms with Gasteiger partial charge in [-0.15, -0.1) is 0 Å². The Morgan fingerprint density at radius 2 is 1.67 bits per heavy atom. The number of urea groups is 1. The van der Waals surface area contributed by atoms with Gasteiger partial charge < -0.3 is 9.80 Å². The van der Waals surface area contributed by atoms with Gasteiger partial charge in [-0.3, -0.25) is 14.9 Å². The molecule has 0 saturated carbocycles. The second-order valence-electron chi connectivity index (χ2n) is 5.71. The molecule has 13 heteroatoms. The lowest BCUT2D eigenvalue weighted by molar-refractivity contribution is -0.346. The van der Waals surface area contributed by atoms with Crippen molar-refractivity contribution < 1.29 is 45.1 Å². The molecule has 3 aliphatic rings. The topological polar surface area (TPSA) is 69.7 Å². The molecule has 3 unspecified atom stereocenters. The highest BCUT2D eigenvalue weighted by Gasteiger charge is 2.78. The van der Waals surface area contributed by atoms with Gasteiger partial charge in [-0.1, -0.05) is 0 Å². The molecule has 3 heterocycles. The average molecular weight is 363 g/mol. The molecular formula is C11H8F7N3O3. The average Bonchev–Trinajstić information content (AvgIpc) is 3.09. The summed E-state index contributed by atoms with van der Waals surface area (Å²) in [6.45, 7) is -0.649. The first-order valence-corrected chi connectivity index (χ1v) is 6.57. The molecular weight excluding hydrogens is 355 g/mol. The van der Waals surface area contributed by atoms with E-state index in [9.17, 15) is 45.1 Å². The number of hydrogen-bond acceptors (Lipinski definition) is 3. The highest BCUT2D eigenvalue weighted by molar-refractivity contribution is 6.06. The van der Waals surface area contributed by atoms with Crippen LogP contribution in [0.3, 0.4) is 0 Å². The van der Waals surface area contributed by atoms with Crippen LogP contribution in [0.2, 0.25) is 0 Å². The lowest BCUT2D eigenvalue weighted by Crippen LogP contribution is -2.64. The number of carbonyl (C=O) groups is 3. The molecule has 1 N–H and O–H groups in total. The van der Waals surface area contributed by atoms with E-state index in [0.717, 1.165) is 4.90 Å². The van der Waals surface area contributed by atoms with E-state index in [0.29, 0.717) is 0 Å². The summed E-state index contributed by atoms with van der Waals surface area (Å²) in [6.07, 6.45) is -6.78. The molecule has 0 aromatic heterocycles. The fraction of sp³-hybridized carbons (Fsp3) is 0.727. The van der Waals surface area contributed by atoms with Gasteiger partial charge in [0, 0.05) is 6.54 Å². The predicted molar refractivity (Wildman–Crippen MR) is 59.0 cm³/mol. The summed E-state index contributed by atoms with van der Waals surface area (Å²) in [5.41, 5.74) is 0. The molecule has 0 spiro atoms. The number of halogens is 7. The van der Waals surface area contributed by atoms with Crippen LogP contribution >= 0.6 is 0 Å². The summed E-state index contributed by atoms with van der Waals surface area (Å²) in [5.74, 6) is -16.2. The van der Waals surface area contributed by atoms with Crippen LogP contribution in [0.15, 0.2) is 0 Å². The summed E-state index contributed by atoms with van der Waals surface area (Å²) in [6, 6.07) is -4.46. The lowest BCUT2D eigenvalue weighted by atomic mass is 10.1. The molecule has 6 nitrogen and oxygen atoms in total. The molecule has 4 amide bonds. The van der Waals surface area contributed by atoms with Crippen molar-refractivity contribution in [2.75, 3.05) is 6.54 Å². The number of fused-ring (bicyclic) bond motifs is 5. The fourth-order valence-corrected chi connectivity index (χ4v) is 3.32. The quantitative estimate of drug-likeness (QED) is 0.581. The lowest BCUT2D eigenvalue weighted by Gasteiger charge is -2.38. The van der Waals surface area contributed by atoms with Crippen molar-refractivity contribution in [2.45, 2.75) is 42.6 Å². The SMILES string of the molecule is O=C1NC(=O)N2C3CC(C12)N(C(=O)C(F)(F)C(F)(F)C(F)(F)F)C3. The Balaban J connectivity index is 1.88. The molecule has 3 atom stereocenters. The predicted octanol–water partition coefficient (Wildman–Crippen LogP) is 0.723. The van der Waals surface area contributed by atoms with E-state index in [1.807, 2.05) is 5.32 Å². The number of amides is 4. The van der Waals surface area contributed by atoms with Gasteiger partial charge in [0.05, 0.1) is 12.1 Å². The smallest absolute Gasteiger partial charge is 0.330 e. The van der Waals surface area contributed by atoms with Crippen LogP contribution in [0.5, 0.6) is 0 Å². The second kappa shape index (κ2) is 4.51. The number of likely N-dealkylation sites (tertiary alicyclic amines) is 1. The Morgan fingerprint density at radius 1 is 1.08 bits per heavy atom. The van der Waals surface area contributed by atoms with Gasteiger partial charge in [-0.05, 0) is 6.42 Å². The summed E-state index contributed by atoms with van der Waals surface area (Å²) < 4.78 is 89.6. The third-order valence-electron chi connectivity index (χ3n) is 4.39. The first-order valence-electron chi connectivity index (χ1n) is 6.57. The van der Waals surface area contributed by atoms with Crippen molar-refractivity contribution in [1.82, 2.24) is 15.1 Å². The van der Waals surface area contributed by atoms with Gasteiger partial charge >= 0.3 is 24.1 Å². The first kappa shape index (κ1) is 16.8.